The van der Waals surface area contributed by atoms with Gasteiger partial charge in [-0.1, -0.05) is 84.7 Å². The Balaban J connectivity index is 2.03. The van der Waals surface area contributed by atoms with E-state index in [2.05, 4.69) is 48.6 Å². The highest BCUT2D eigenvalue weighted by atomic mass is 35.5. The van der Waals surface area contributed by atoms with Gasteiger partial charge in [-0.3, -0.25) is 10.1 Å². The van der Waals surface area contributed by atoms with Crippen molar-refractivity contribution in [1.29, 1.82) is 0 Å². The largest absolute Gasteiger partial charge is 0.290 e. The van der Waals surface area contributed by atoms with Crippen molar-refractivity contribution in [2.24, 2.45) is 0 Å². The van der Waals surface area contributed by atoms with Gasteiger partial charge in [-0.15, -0.1) is 11.8 Å². The van der Waals surface area contributed by atoms with E-state index in [-0.39, 0.29) is 5.91 Å². The Morgan fingerprint density at radius 1 is 0.743 bits per heavy atom. The number of carbonyl (C=O) groups is 1. The highest BCUT2D eigenvalue weighted by molar-refractivity contribution is 8.06. The molecule has 2 nitrogen and oxygen atoms in total. The topological polar surface area (TPSA) is 29.1 Å². The highest BCUT2D eigenvalue weighted by Gasteiger charge is 2.52. The van der Waals surface area contributed by atoms with Crippen LogP contribution in [0.2, 0.25) is 5.02 Å². The number of nitrogens with one attached hydrogen (secondary N) is 1. The van der Waals surface area contributed by atoms with Gasteiger partial charge < -0.3 is 0 Å². The van der Waals surface area contributed by atoms with E-state index in [9.17, 15) is 4.79 Å². The van der Waals surface area contributed by atoms with Crippen molar-refractivity contribution in [2.75, 3.05) is 5.75 Å². The molecular formula is C29H25Cl2NOPS+. The van der Waals surface area contributed by atoms with Crippen LogP contribution in [-0.2, 0) is 0 Å². The molecule has 0 radical (unpaired) electrons. The van der Waals surface area contributed by atoms with Crippen molar-refractivity contribution in [2.45, 2.75) is 6.92 Å². The molecule has 1 N–H and O–H groups in total. The fourth-order valence-electron chi connectivity index (χ4n) is 4.03. The van der Waals surface area contributed by atoms with Gasteiger partial charge in [0.2, 0.25) is 5.44 Å². The molecular weight excluding hydrogens is 512 g/mol. The fourth-order valence-corrected chi connectivity index (χ4v) is 10.0. The number of thioether (sulfide) groups is 1. The molecule has 4 rings (SSSR count). The summed E-state index contributed by atoms with van der Waals surface area (Å²) in [6.45, 7) is 2.05. The summed E-state index contributed by atoms with van der Waals surface area (Å²) in [6.07, 6.45) is 0. The lowest BCUT2D eigenvalue weighted by molar-refractivity contribution is 0.0968. The van der Waals surface area contributed by atoms with Gasteiger partial charge in [0.15, 0.2) is 7.26 Å². The maximum Gasteiger partial charge on any atom is 0.258 e. The van der Waals surface area contributed by atoms with E-state index in [4.69, 9.17) is 23.2 Å². The van der Waals surface area contributed by atoms with Crippen molar-refractivity contribution >= 4 is 64.0 Å². The van der Waals surface area contributed by atoms with Crippen molar-refractivity contribution < 1.29 is 4.79 Å². The lowest BCUT2D eigenvalue weighted by atomic mass is 10.2. The van der Waals surface area contributed by atoms with Crippen molar-refractivity contribution in [3.8, 4) is 0 Å². The Morgan fingerprint density at radius 3 is 1.57 bits per heavy atom. The molecule has 35 heavy (non-hydrogen) atoms. The van der Waals surface area contributed by atoms with Gasteiger partial charge in [-0.25, -0.2) is 0 Å². The quantitative estimate of drug-likeness (QED) is 0.241. The zero-order valence-electron chi connectivity index (χ0n) is 19.2. The zero-order valence-corrected chi connectivity index (χ0v) is 22.4. The number of benzene rings is 4. The van der Waals surface area contributed by atoms with Gasteiger partial charge in [0.1, 0.15) is 20.3 Å². The molecule has 1 amide bonds. The number of carbonyl (C=O) groups excluding carboxylic acids is 1. The second-order valence-electron chi connectivity index (χ2n) is 7.69. The number of amides is 1. The van der Waals surface area contributed by atoms with Gasteiger partial charge in [0, 0.05) is 10.6 Å². The fraction of sp³-hybridized carbons (Fsp3) is 0.0690. The maximum atomic E-state index is 13.6. The molecule has 0 aliphatic heterocycles. The van der Waals surface area contributed by atoms with Gasteiger partial charge in [0.05, 0.1) is 0 Å². The molecule has 0 saturated heterocycles. The standard InChI is InChI=1S/C29H24Cl2NOPS/c1-2-35-27(31)29(32-28(33)22-18-20-23(30)21-19-22)34(24-12-6-3-7-13-24,25-14-8-4-9-15-25)26-16-10-5-11-17-26/h3-21H,2H2,1H3/p+1/b29-27-. The Bertz CT molecular complexity index is 1200. The summed E-state index contributed by atoms with van der Waals surface area (Å²) in [4.78, 5) is 13.6. The lowest BCUT2D eigenvalue weighted by Crippen LogP contribution is -2.38. The number of halogens is 2. The van der Waals surface area contributed by atoms with E-state index < -0.39 is 7.26 Å². The summed E-state index contributed by atoms with van der Waals surface area (Å²) in [7, 11) is -2.56. The van der Waals surface area contributed by atoms with Crippen molar-refractivity contribution in [3.63, 3.8) is 0 Å². The molecule has 0 aliphatic rings. The number of hydrogen-bond donors (Lipinski definition) is 1. The van der Waals surface area contributed by atoms with Crippen LogP contribution in [-0.4, -0.2) is 11.7 Å². The van der Waals surface area contributed by atoms with Crippen LogP contribution in [0.3, 0.4) is 0 Å². The first-order valence-electron chi connectivity index (χ1n) is 11.2. The predicted molar refractivity (Wildman–Crippen MR) is 155 cm³/mol. The van der Waals surface area contributed by atoms with Crippen molar-refractivity contribution in [1.82, 2.24) is 5.32 Å². The molecule has 4 aromatic rings. The van der Waals surface area contributed by atoms with E-state index in [0.717, 1.165) is 27.1 Å². The summed E-state index contributed by atoms with van der Waals surface area (Å²) in [5.41, 5.74) is 1.25. The SMILES string of the molecule is CCS/C(Cl)=C(/NC(=O)c1ccc(Cl)cc1)[P+](c1ccccc1)(c1ccccc1)c1ccccc1. The highest BCUT2D eigenvalue weighted by Crippen LogP contribution is 2.63. The van der Waals surface area contributed by atoms with E-state index in [1.165, 1.54) is 11.8 Å². The molecule has 0 unspecified atom stereocenters. The Kier molecular flexibility index (Phi) is 8.70. The van der Waals surface area contributed by atoms with E-state index in [1.807, 2.05) is 54.6 Å². The van der Waals surface area contributed by atoms with Crippen LogP contribution in [0, 0.1) is 0 Å². The normalized spacial score (nSPS) is 12.1. The monoisotopic (exact) mass is 536 g/mol. The lowest BCUT2D eigenvalue weighted by Gasteiger charge is -2.30. The zero-order chi connectivity index (χ0) is 24.7. The van der Waals surface area contributed by atoms with Crippen LogP contribution in [0.5, 0.6) is 0 Å². The molecule has 0 aromatic heterocycles. The summed E-state index contributed by atoms with van der Waals surface area (Å²) in [6, 6.07) is 37.9. The first-order chi connectivity index (χ1) is 17.1. The third-order valence-corrected chi connectivity index (χ3v) is 11.6. The third kappa shape index (κ3) is 5.50. The number of rotatable bonds is 8. The Labute approximate surface area is 221 Å². The second kappa shape index (κ2) is 11.9. The minimum atomic E-state index is -2.56. The smallest absolute Gasteiger partial charge is 0.258 e. The molecule has 0 aliphatic carbocycles. The molecule has 0 atom stereocenters. The first kappa shape index (κ1) is 25.5. The minimum absolute atomic E-state index is 0.223. The third-order valence-electron chi connectivity index (χ3n) is 5.56. The molecule has 176 valence electrons. The van der Waals surface area contributed by atoms with Crippen LogP contribution < -0.4 is 21.2 Å². The second-order valence-corrected chi connectivity index (χ2v) is 13.3. The minimum Gasteiger partial charge on any atom is -0.290 e. The molecule has 0 saturated carbocycles. The predicted octanol–water partition coefficient (Wildman–Crippen LogP) is 7.18. The summed E-state index contributed by atoms with van der Waals surface area (Å²) >= 11 is 14.7. The van der Waals surface area contributed by atoms with Crippen LogP contribution in [0.25, 0.3) is 0 Å². The molecule has 6 heteroatoms. The average Bonchev–Trinajstić information content (AvgIpc) is 2.91. The molecule has 0 bridgehead atoms. The number of hydrogen-bond acceptors (Lipinski definition) is 2. The van der Waals surface area contributed by atoms with E-state index >= 15 is 0 Å². The van der Waals surface area contributed by atoms with Crippen LogP contribution in [0.1, 0.15) is 17.3 Å². The molecule has 4 aromatic carbocycles. The molecule has 0 spiro atoms. The Hall–Kier alpha value is -2.55. The van der Waals surface area contributed by atoms with Gasteiger partial charge in [0.25, 0.3) is 5.91 Å². The van der Waals surface area contributed by atoms with Crippen LogP contribution in [0.15, 0.2) is 125 Å². The summed E-state index contributed by atoms with van der Waals surface area (Å²) in [5, 5.41) is 7.18. The average molecular weight is 537 g/mol. The van der Waals surface area contributed by atoms with Crippen LogP contribution >= 0.6 is 42.2 Å². The van der Waals surface area contributed by atoms with Gasteiger partial charge >= 0.3 is 0 Å². The Morgan fingerprint density at radius 2 is 1.17 bits per heavy atom. The summed E-state index contributed by atoms with van der Waals surface area (Å²) in [5.74, 6) is 0.552. The summed E-state index contributed by atoms with van der Waals surface area (Å²) < 4.78 is 0.583. The molecule has 0 heterocycles. The van der Waals surface area contributed by atoms with Gasteiger partial charge in [-0.05, 0) is 66.4 Å². The van der Waals surface area contributed by atoms with E-state index in [0.29, 0.717) is 15.0 Å². The van der Waals surface area contributed by atoms with E-state index in [1.54, 1.807) is 24.3 Å². The van der Waals surface area contributed by atoms with Crippen LogP contribution in [0.4, 0.5) is 0 Å². The maximum absolute atomic E-state index is 13.6. The molecule has 0 fully saturated rings. The van der Waals surface area contributed by atoms with Gasteiger partial charge in [-0.2, -0.15) is 0 Å². The van der Waals surface area contributed by atoms with Crippen molar-refractivity contribution in [3.05, 3.63) is 136 Å². The first-order valence-corrected chi connectivity index (χ1v) is 14.8.